The molecular formula is C17H31N. The van der Waals surface area contributed by atoms with Gasteiger partial charge in [-0.15, -0.1) is 0 Å². The van der Waals surface area contributed by atoms with Gasteiger partial charge in [0.1, 0.15) is 0 Å². The Morgan fingerprint density at radius 3 is 2.11 bits per heavy atom. The van der Waals surface area contributed by atoms with E-state index in [1.807, 2.05) is 0 Å². The summed E-state index contributed by atoms with van der Waals surface area (Å²) in [5.41, 5.74) is 4.22. The van der Waals surface area contributed by atoms with Crippen molar-refractivity contribution < 1.29 is 0 Å². The van der Waals surface area contributed by atoms with Crippen LogP contribution >= 0.6 is 0 Å². The molecule has 0 spiro atoms. The minimum Gasteiger partial charge on any atom is -0.375 e. The van der Waals surface area contributed by atoms with Gasteiger partial charge in [0, 0.05) is 24.7 Å². The largest absolute Gasteiger partial charge is 0.375 e. The van der Waals surface area contributed by atoms with E-state index in [0.29, 0.717) is 10.8 Å². The number of hydrogen-bond donors (Lipinski definition) is 0. The quantitative estimate of drug-likeness (QED) is 0.594. The summed E-state index contributed by atoms with van der Waals surface area (Å²) in [6, 6.07) is 0. The highest BCUT2D eigenvalue weighted by molar-refractivity contribution is 5.26. The third-order valence-corrected chi connectivity index (χ3v) is 4.71. The second-order valence-electron chi connectivity index (χ2n) is 8.27. The smallest absolute Gasteiger partial charge is 0.0178 e. The van der Waals surface area contributed by atoms with E-state index in [2.05, 4.69) is 46.4 Å². The molecule has 104 valence electrons. The third-order valence-electron chi connectivity index (χ3n) is 4.71. The fourth-order valence-electron chi connectivity index (χ4n) is 3.77. The molecule has 18 heavy (non-hydrogen) atoms. The topological polar surface area (TPSA) is 3.24 Å². The van der Waals surface area contributed by atoms with Crippen LogP contribution in [0, 0.1) is 16.7 Å². The van der Waals surface area contributed by atoms with Gasteiger partial charge in [0.25, 0.3) is 0 Å². The maximum absolute atomic E-state index is 2.71. The molecular weight excluding hydrogens is 218 g/mol. The molecule has 2 aliphatic heterocycles. The molecule has 0 N–H and O–H groups in total. The van der Waals surface area contributed by atoms with Gasteiger partial charge in [-0.05, 0) is 42.1 Å². The first-order valence-corrected chi connectivity index (χ1v) is 7.70. The number of allylic oxidation sites excluding steroid dienone is 2. The zero-order valence-electron chi connectivity index (χ0n) is 13.3. The summed E-state index contributed by atoms with van der Waals surface area (Å²) in [4.78, 5) is 2.71. The first-order valence-electron chi connectivity index (χ1n) is 7.70. The Hall–Kier alpha value is -0.460. The van der Waals surface area contributed by atoms with Crippen LogP contribution in [0.1, 0.15) is 67.2 Å². The summed E-state index contributed by atoms with van der Waals surface area (Å²) in [5, 5.41) is 0. The predicted octanol–water partition coefficient (Wildman–Crippen LogP) is 4.84. The molecule has 0 aromatic rings. The van der Waals surface area contributed by atoms with E-state index in [1.54, 1.807) is 11.3 Å². The van der Waals surface area contributed by atoms with Crippen LogP contribution < -0.4 is 0 Å². The Morgan fingerprint density at radius 1 is 0.944 bits per heavy atom. The van der Waals surface area contributed by atoms with E-state index in [4.69, 9.17) is 0 Å². The third kappa shape index (κ3) is 2.60. The lowest BCUT2D eigenvalue weighted by Crippen LogP contribution is -2.43. The molecule has 2 aliphatic rings. The first kappa shape index (κ1) is 14.0. The fourth-order valence-corrected chi connectivity index (χ4v) is 3.77. The van der Waals surface area contributed by atoms with Gasteiger partial charge in [-0.1, -0.05) is 41.5 Å². The molecule has 2 rings (SSSR count). The summed E-state index contributed by atoms with van der Waals surface area (Å²) < 4.78 is 0. The van der Waals surface area contributed by atoms with E-state index < -0.39 is 0 Å². The van der Waals surface area contributed by atoms with Crippen LogP contribution in [0.4, 0.5) is 0 Å². The normalized spacial score (nSPS) is 26.3. The molecule has 0 aliphatic carbocycles. The van der Waals surface area contributed by atoms with Crippen LogP contribution in [0.2, 0.25) is 0 Å². The van der Waals surface area contributed by atoms with E-state index in [0.717, 1.165) is 5.92 Å². The Morgan fingerprint density at radius 2 is 1.56 bits per heavy atom. The van der Waals surface area contributed by atoms with Crippen molar-refractivity contribution in [1.29, 1.82) is 0 Å². The molecule has 0 saturated carbocycles. The summed E-state index contributed by atoms with van der Waals surface area (Å²) in [6.07, 6.45) is 5.44. The van der Waals surface area contributed by atoms with Crippen LogP contribution in [0.25, 0.3) is 0 Å². The van der Waals surface area contributed by atoms with Crippen molar-refractivity contribution in [2.24, 2.45) is 16.7 Å². The van der Waals surface area contributed by atoms with Crippen molar-refractivity contribution in [3.63, 3.8) is 0 Å². The molecule has 0 amide bonds. The zero-order valence-corrected chi connectivity index (χ0v) is 13.3. The number of rotatable bonds is 0. The van der Waals surface area contributed by atoms with Gasteiger partial charge in [-0.3, -0.25) is 0 Å². The Kier molecular flexibility index (Phi) is 3.55. The Bertz CT molecular complexity index is 338. The van der Waals surface area contributed by atoms with E-state index in [-0.39, 0.29) is 0 Å². The summed E-state index contributed by atoms with van der Waals surface area (Å²) >= 11 is 0. The number of nitrogens with zero attached hydrogens (tertiary/aromatic N) is 1. The molecule has 0 radical (unpaired) electrons. The van der Waals surface area contributed by atoms with E-state index >= 15 is 0 Å². The van der Waals surface area contributed by atoms with Gasteiger partial charge in [-0.25, -0.2) is 0 Å². The first-order chi connectivity index (χ1) is 8.21. The minimum absolute atomic E-state index is 0.342. The predicted molar refractivity (Wildman–Crippen MR) is 79.5 cm³/mol. The minimum atomic E-state index is 0.342. The highest BCUT2D eigenvalue weighted by Gasteiger charge is 2.39. The SMILES string of the molecule is CC(C)(C)C1=C2C(C(C)(C)C)CCCN2CCC1. The molecule has 1 atom stereocenters. The molecule has 0 aromatic heterocycles. The second kappa shape index (κ2) is 4.58. The second-order valence-corrected chi connectivity index (χ2v) is 8.27. The van der Waals surface area contributed by atoms with Crippen molar-refractivity contribution in [2.75, 3.05) is 13.1 Å². The molecule has 1 fully saturated rings. The lowest BCUT2D eigenvalue weighted by molar-refractivity contribution is 0.135. The van der Waals surface area contributed by atoms with Gasteiger partial charge in [0.2, 0.25) is 0 Å². The summed E-state index contributed by atoms with van der Waals surface area (Å²) in [5.74, 6) is 0.765. The van der Waals surface area contributed by atoms with Gasteiger partial charge in [0.15, 0.2) is 0 Å². The molecule has 0 aromatic carbocycles. The van der Waals surface area contributed by atoms with Gasteiger partial charge in [0.05, 0.1) is 0 Å². The van der Waals surface area contributed by atoms with Crippen molar-refractivity contribution in [2.45, 2.75) is 67.2 Å². The number of piperidine rings is 1. The molecule has 1 heteroatoms. The van der Waals surface area contributed by atoms with Gasteiger partial charge < -0.3 is 4.90 Å². The average molecular weight is 249 g/mol. The standard InChI is InChI=1S/C17H31N/c1-16(2,3)13-9-7-11-18-12-8-10-14(15(13)18)17(4,5)6/h13H,7-12H2,1-6H3. The fraction of sp³-hybridized carbons (Fsp3) is 0.882. The molecule has 2 heterocycles. The zero-order chi connectivity index (χ0) is 13.6. The maximum atomic E-state index is 2.71. The summed E-state index contributed by atoms with van der Waals surface area (Å²) in [7, 11) is 0. The number of hydrogen-bond acceptors (Lipinski definition) is 1. The summed E-state index contributed by atoms with van der Waals surface area (Å²) in [6.45, 7) is 17.0. The van der Waals surface area contributed by atoms with Crippen molar-refractivity contribution >= 4 is 0 Å². The van der Waals surface area contributed by atoms with Crippen LogP contribution in [0.5, 0.6) is 0 Å². The van der Waals surface area contributed by atoms with Crippen LogP contribution in [0.3, 0.4) is 0 Å². The van der Waals surface area contributed by atoms with Gasteiger partial charge >= 0.3 is 0 Å². The van der Waals surface area contributed by atoms with E-state index in [9.17, 15) is 0 Å². The Labute approximate surface area is 114 Å². The highest BCUT2D eigenvalue weighted by atomic mass is 15.2. The lowest BCUT2D eigenvalue weighted by Gasteiger charge is -2.48. The maximum Gasteiger partial charge on any atom is 0.0178 e. The molecule has 1 saturated heterocycles. The van der Waals surface area contributed by atoms with Crippen molar-refractivity contribution in [3.8, 4) is 0 Å². The number of fused-ring (bicyclic) bond motifs is 1. The van der Waals surface area contributed by atoms with Gasteiger partial charge in [-0.2, -0.15) is 0 Å². The van der Waals surface area contributed by atoms with Crippen LogP contribution in [0.15, 0.2) is 11.3 Å². The Balaban J connectivity index is 2.47. The van der Waals surface area contributed by atoms with Crippen LogP contribution in [-0.2, 0) is 0 Å². The molecule has 1 unspecified atom stereocenters. The highest BCUT2D eigenvalue weighted by Crippen LogP contribution is 2.47. The average Bonchev–Trinajstić information content (AvgIpc) is 2.24. The van der Waals surface area contributed by atoms with Crippen LogP contribution in [-0.4, -0.2) is 18.0 Å². The molecule has 0 bridgehead atoms. The molecule has 1 nitrogen and oxygen atoms in total. The van der Waals surface area contributed by atoms with E-state index in [1.165, 1.54) is 38.8 Å². The lowest BCUT2D eigenvalue weighted by atomic mass is 9.68. The monoisotopic (exact) mass is 249 g/mol. The van der Waals surface area contributed by atoms with Crippen molar-refractivity contribution in [1.82, 2.24) is 4.90 Å². The van der Waals surface area contributed by atoms with Crippen molar-refractivity contribution in [3.05, 3.63) is 11.3 Å².